The topological polar surface area (TPSA) is 60.7 Å². The van der Waals surface area contributed by atoms with Crippen LogP contribution >= 0.6 is 34.8 Å². The monoisotopic (exact) mass is 548 g/mol. The van der Waals surface area contributed by atoms with Gasteiger partial charge in [-0.2, -0.15) is 0 Å². The molecule has 0 amide bonds. The van der Waals surface area contributed by atoms with Crippen molar-refractivity contribution in [2.24, 2.45) is 0 Å². The summed E-state index contributed by atoms with van der Waals surface area (Å²) in [6, 6.07) is 19.1. The minimum absolute atomic E-state index is 0. The molecule has 0 aromatic heterocycles. The van der Waals surface area contributed by atoms with Crippen molar-refractivity contribution in [3.8, 4) is 17.2 Å². The van der Waals surface area contributed by atoms with Gasteiger partial charge in [0.15, 0.2) is 0 Å². The number of phenols is 3. The van der Waals surface area contributed by atoms with Gasteiger partial charge in [0.2, 0.25) is 0 Å². The average molecular weight is 548 g/mol. The largest absolute Gasteiger partial charge is 0.508 e. The molecular weight excluding hydrogens is 533 g/mol. The van der Waals surface area contributed by atoms with Crippen LogP contribution in [0.1, 0.15) is 0 Å². The van der Waals surface area contributed by atoms with Crippen LogP contribution in [0, 0.1) is 38.2 Å². The normalized spacial score (nSPS) is 8.76. The summed E-state index contributed by atoms with van der Waals surface area (Å²) in [5.41, 5.74) is 0. The van der Waals surface area contributed by atoms with Crippen LogP contribution in [-0.2, 0) is 0 Å². The van der Waals surface area contributed by atoms with E-state index in [9.17, 15) is 0 Å². The fourth-order valence-electron chi connectivity index (χ4n) is 1.32. The Morgan fingerprint density at radius 1 is 0.400 bits per heavy atom. The smallest absolute Gasteiger partial charge is 0.115 e. The predicted molar refractivity (Wildman–Crippen MR) is 99.4 cm³/mol. The third-order valence-electron chi connectivity index (χ3n) is 2.48. The van der Waals surface area contributed by atoms with Gasteiger partial charge in [0.1, 0.15) is 17.2 Å². The van der Waals surface area contributed by atoms with Crippen LogP contribution in [0.3, 0.4) is 0 Å². The summed E-state index contributed by atoms with van der Waals surface area (Å²) in [6.07, 6.45) is 0. The zero-order valence-corrected chi connectivity index (χ0v) is 17.0. The second kappa shape index (κ2) is 13.4. The Kier molecular flexibility index (Phi) is 13.0. The number of rotatable bonds is 0. The zero-order valence-electron chi connectivity index (χ0n) is 12.7. The minimum atomic E-state index is 0. The van der Waals surface area contributed by atoms with Gasteiger partial charge < -0.3 is 15.3 Å². The summed E-state index contributed by atoms with van der Waals surface area (Å²) in [7, 11) is 0. The van der Waals surface area contributed by atoms with E-state index < -0.39 is 0 Å². The van der Waals surface area contributed by atoms with Gasteiger partial charge in [-0.15, -0.1) is 0 Å². The Labute approximate surface area is 191 Å². The molecule has 3 aromatic carbocycles. The maximum atomic E-state index is 8.70. The summed E-state index contributed by atoms with van der Waals surface area (Å²) >= 11 is 16.5. The molecule has 0 aliphatic rings. The van der Waals surface area contributed by atoms with E-state index in [4.69, 9.17) is 50.1 Å². The van der Waals surface area contributed by atoms with Gasteiger partial charge in [0, 0.05) is 53.2 Å². The van der Waals surface area contributed by atoms with Gasteiger partial charge >= 0.3 is 0 Å². The van der Waals surface area contributed by atoms with Crippen LogP contribution in [-0.4, -0.2) is 15.3 Å². The first-order valence-corrected chi connectivity index (χ1v) is 7.84. The van der Waals surface area contributed by atoms with Crippen LogP contribution in [0.2, 0.25) is 15.1 Å². The van der Waals surface area contributed by atoms with Crippen LogP contribution in [0.5, 0.6) is 17.2 Å². The van der Waals surface area contributed by atoms with Gasteiger partial charge in [0.05, 0.1) is 0 Å². The van der Waals surface area contributed by atoms with E-state index in [2.05, 4.69) is 0 Å². The molecule has 0 aliphatic carbocycles. The Morgan fingerprint density at radius 3 is 0.680 bits per heavy atom. The minimum Gasteiger partial charge on any atom is -0.508 e. The Hall–Kier alpha value is -0.797. The molecule has 3 N–H and O–H groups in total. The van der Waals surface area contributed by atoms with Gasteiger partial charge in [-0.3, -0.25) is 0 Å². The first-order chi connectivity index (χ1) is 11.4. The van der Waals surface area contributed by atoms with Crippen LogP contribution in [0.4, 0.5) is 0 Å². The van der Waals surface area contributed by atoms with Crippen molar-refractivity contribution in [1.82, 2.24) is 0 Å². The predicted octanol–water partition coefficient (Wildman–Crippen LogP) is 6.14. The van der Waals surface area contributed by atoms with E-state index in [1.807, 2.05) is 0 Å². The Morgan fingerprint density at radius 2 is 0.560 bits per heavy atom. The maximum Gasteiger partial charge on any atom is 0.115 e. The fraction of sp³-hybridized carbons (Fsp3) is 0. The van der Waals surface area contributed by atoms with E-state index in [-0.39, 0.29) is 55.4 Å². The molecule has 0 atom stereocenters. The standard InChI is InChI=1S/3C6H5ClO.Dy/c3*7-5-1-3-6(8)4-2-5;/h3*1-4,8H;. The van der Waals surface area contributed by atoms with E-state index in [1.165, 1.54) is 0 Å². The van der Waals surface area contributed by atoms with Crippen molar-refractivity contribution in [2.45, 2.75) is 0 Å². The molecule has 3 nitrogen and oxygen atoms in total. The van der Waals surface area contributed by atoms with Crippen molar-refractivity contribution in [3.63, 3.8) is 0 Å². The molecule has 136 valence electrons. The molecule has 3 aromatic rings. The number of aromatic hydroxyl groups is 3. The number of hydrogen-bond donors (Lipinski definition) is 3. The second-order valence-electron chi connectivity index (χ2n) is 4.43. The summed E-state index contributed by atoms with van der Waals surface area (Å²) < 4.78 is 0. The molecule has 0 fully saturated rings. The van der Waals surface area contributed by atoms with Crippen LogP contribution in [0.15, 0.2) is 72.8 Å². The number of hydrogen-bond acceptors (Lipinski definition) is 3. The van der Waals surface area contributed by atoms with Crippen molar-refractivity contribution in [3.05, 3.63) is 87.9 Å². The third kappa shape index (κ3) is 12.2. The number of halogens is 3. The quantitative estimate of drug-likeness (QED) is 0.317. The first kappa shape index (κ1) is 24.2. The second-order valence-corrected chi connectivity index (χ2v) is 5.74. The van der Waals surface area contributed by atoms with Gasteiger partial charge in [0.25, 0.3) is 0 Å². The molecular formula is C18H15Cl3DyO3. The van der Waals surface area contributed by atoms with Crippen LogP contribution < -0.4 is 0 Å². The van der Waals surface area contributed by atoms with E-state index >= 15 is 0 Å². The summed E-state index contributed by atoms with van der Waals surface area (Å²) in [6.45, 7) is 0. The molecule has 7 heteroatoms. The molecule has 0 saturated heterocycles. The third-order valence-corrected chi connectivity index (χ3v) is 3.24. The van der Waals surface area contributed by atoms with Crippen molar-refractivity contribution >= 4 is 34.8 Å². The average Bonchev–Trinajstić information content (AvgIpc) is 2.57. The van der Waals surface area contributed by atoms with Gasteiger partial charge in [-0.25, -0.2) is 0 Å². The summed E-state index contributed by atoms with van der Waals surface area (Å²) in [5.74, 6) is 0.734. The molecule has 0 unspecified atom stereocenters. The SMILES string of the molecule is Oc1ccc(Cl)cc1.Oc1ccc(Cl)cc1.Oc1ccc(Cl)cc1.[Dy]. The molecule has 0 spiro atoms. The molecule has 0 heterocycles. The van der Waals surface area contributed by atoms with Crippen molar-refractivity contribution in [1.29, 1.82) is 0 Å². The van der Waals surface area contributed by atoms with E-state index in [1.54, 1.807) is 72.8 Å². The van der Waals surface area contributed by atoms with Crippen molar-refractivity contribution < 1.29 is 53.5 Å². The van der Waals surface area contributed by atoms with Crippen LogP contribution in [0.25, 0.3) is 0 Å². The number of phenolic OH excluding ortho intramolecular Hbond substituents is 3. The Balaban J connectivity index is 0.000000339. The van der Waals surface area contributed by atoms with Gasteiger partial charge in [-0.1, -0.05) is 34.8 Å². The fourth-order valence-corrected chi connectivity index (χ4v) is 1.70. The summed E-state index contributed by atoms with van der Waals surface area (Å²) in [4.78, 5) is 0. The van der Waals surface area contributed by atoms with Gasteiger partial charge in [-0.05, 0) is 72.8 Å². The van der Waals surface area contributed by atoms with E-state index in [0.29, 0.717) is 15.1 Å². The first-order valence-electron chi connectivity index (χ1n) is 6.70. The van der Waals surface area contributed by atoms with E-state index in [0.717, 1.165) is 0 Å². The van der Waals surface area contributed by atoms with Crippen molar-refractivity contribution in [2.75, 3.05) is 0 Å². The number of benzene rings is 3. The summed E-state index contributed by atoms with van der Waals surface area (Å²) in [5, 5.41) is 28.0. The molecule has 0 aliphatic heterocycles. The molecule has 0 radical (unpaired) electrons. The Bertz CT molecular complexity index is 552. The molecule has 0 bridgehead atoms. The maximum absolute atomic E-state index is 8.70. The molecule has 25 heavy (non-hydrogen) atoms. The molecule has 3 rings (SSSR count). The molecule has 0 saturated carbocycles. The zero-order chi connectivity index (χ0) is 17.9.